The number of carbonyl (C=O) groups is 3. The number of benzene rings is 2. The molecule has 0 saturated heterocycles. The number of carbonyl (C=O) groups excluding carboxylic acids is 3. The van der Waals surface area contributed by atoms with Gasteiger partial charge in [0.05, 0.1) is 16.9 Å². The van der Waals surface area contributed by atoms with Crippen molar-refractivity contribution in [2.24, 2.45) is 0 Å². The van der Waals surface area contributed by atoms with Crippen LogP contribution in [0.5, 0.6) is 0 Å². The van der Waals surface area contributed by atoms with Gasteiger partial charge in [-0.05, 0) is 61.7 Å². The second-order valence-corrected chi connectivity index (χ2v) is 10.6. The molecule has 1 atom stereocenters. The Bertz CT molecular complexity index is 1140. The minimum Gasteiger partial charge on any atom is -0.324 e. The third-order valence-corrected chi connectivity index (χ3v) is 6.22. The Morgan fingerprint density at radius 3 is 2.23 bits per heavy atom. The molecular weight excluding hydrogens is 472 g/mol. The fourth-order valence-corrected chi connectivity index (χ4v) is 4.50. The topological polar surface area (TPSA) is 101 Å². The quantitative estimate of drug-likeness (QED) is 0.624. The first-order valence-electron chi connectivity index (χ1n) is 9.20. The van der Waals surface area contributed by atoms with Gasteiger partial charge in [-0.1, -0.05) is 22.0 Å². The summed E-state index contributed by atoms with van der Waals surface area (Å²) in [4.78, 5) is 39.8. The Balaban J connectivity index is 1.95. The molecule has 3 rings (SSSR count). The van der Waals surface area contributed by atoms with Gasteiger partial charge in [-0.3, -0.25) is 19.3 Å². The molecule has 1 heterocycles. The van der Waals surface area contributed by atoms with Crippen molar-refractivity contribution >= 4 is 49.2 Å². The summed E-state index contributed by atoms with van der Waals surface area (Å²) in [6.07, 6.45) is 0.855. The molecular formula is C21H21BrN2O5S. The van der Waals surface area contributed by atoms with Crippen molar-refractivity contribution in [2.75, 3.05) is 17.3 Å². The Labute approximate surface area is 183 Å². The molecule has 3 amide bonds. The maximum absolute atomic E-state index is 13.1. The third kappa shape index (κ3) is 4.79. The molecule has 30 heavy (non-hydrogen) atoms. The normalized spacial score (nSPS) is 14.6. The van der Waals surface area contributed by atoms with Crippen molar-refractivity contribution in [2.45, 2.75) is 26.3 Å². The minimum atomic E-state index is -3.41. The second-order valence-electron chi connectivity index (χ2n) is 7.47. The van der Waals surface area contributed by atoms with E-state index in [0.717, 1.165) is 22.3 Å². The van der Waals surface area contributed by atoms with E-state index >= 15 is 0 Å². The maximum atomic E-state index is 13.1. The van der Waals surface area contributed by atoms with E-state index in [0.29, 0.717) is 10.2 Å². The second kappa shape index (κ2) is 8.31. The molecule has 0 saturated carbocycles. The standard InChI is InChI=1S/C21H21BrN2O5S/c1-12-8-13(2)10-15(9-12)23-19(25)18(6-7-30(3,28)29)24-20(26)16-5-4-14(22)11-17(16)21(24)27/h4-5,8-11,18H,6-7H2,1-3H3,(H,23,25)/t18-/m0/s1. The van der Waals surface area contributed by atoms with E-state index in [2.05, 4.69) is 21.2 Å². The van der Waals surface area contributed by atoms with Gasteiger partial charge in [-0.15, -0.1) is 0 Å². The Morgan fingerprint density at radius 1 is 1.03 bits per heavy atom. The number of nitrogens with one attached hydrogen (secondary N) is 1. The van der Waals surface area contributed by atoms with Gasteiger partial charge < -0.3 is 5.32 Å². The van der Waals surface area contributed by atoms with Gasteiger partial charge in [0.2, 0.25) is 5.91 Å². The molecule has 9 heteroatoms. The Morgan fingerprint density at radius 2 is 1.63 bits per heavy atom. The zero-order valence-corrected chi connectivity index (χ0v) is 19.1. The van der Waals surface area contributed by atoms with Crippen molar-refractivity contribution in [1.82, 2.24) is 4.90 Å². The summed E-state index contributed by atoms with van der Waals surface area (Å²) in [5, 5.41) is 2.73. The largest absolute Gasteiger partial charge is 0.324 e. The minimum absolute atomic E-state index is 0.179. The fourth-order valence-electron chi connectivity index (χ4n) is 3.49. The lowest BCUT2D eigenvalue weighted by molar-refractivity contribution is -0.120. The van der Waals surface area contributed by atoms with E-state index in [1.807, 2.05) is 19.9 Å². The summed E-state index contributed by atoms with van der Waals surface area (Å²) < 4.78 is 24.1. The van der Waals surface area contributed by atoms with E-state index < -0.39 is 33.6 Å². The Hall–Kier alpha value is -2.52. The van der Waals surface area contributed by atoms with Gasteiger partial charge in [-0.2, -0.15) is 0 Å². The molecule has 0 bridgehead atoms. The number of hydrogen-bond donors (Lipinski definition) is 1. The van der Waals surface area contributed by atoms with Crippen LogP contribution in [0.15, 0.2) is 40.9 Å². The van der Waals surface area contributed by atoms with Crippen LogP contribution in [0.2, 0.25) is 0 Å². The first-order chi connectivity index (χ1) is 14.0. The van der Waals surface area contributed by atoms with Crippen LogP contribution in [0.1, 0.15) is 38.3 Å². The van der Waals surface area contributed by atoms with Crippen LogP contribution in [0.4, 0.5) is 5.69 Å². The third-order valence-electron chi connectivity index (χ3n) is 4.75. The number of sulfone groups is 1. The number of fused-ring (bicyclic) bond motifs is 1. The zero-order chi connectivity index (χ0) is 22.2. The lowest BCUT2D eigenvalue weighted by atomic mass is 10.1. The van der Waals surface area contributed by atoms with E-state index in [1.165, 1.54) is 12.1 Å². The number of rotatable bonds is 6. The number of aryl methyl sites for hydroxylation is 2. The SMILES string of the molecule is Cc1cc(C)cc(NC(=O)[C@H](CCS(C)(=O)=O)N2C(=O)c3ccc(Br)cc3C2=O)c1. The molecule has 0 aliphatic carbocycles. The smallest absolute Gasteiger partial charge is 0.262 e. The van der Waals surface area contributed by atoms with Crippen molar-refractivity contribution in [3.05, 3.63) is 63.1 Å². The summed E-state index contributed by atoms with van der Waals surface area (Å²) in [6.45, 7) is 3.76. The average Bonchev–Trinajstić information content (AvgIpc) is 2.84. The lowest BCUT2D eigenvalue weighted by Crippen LogP contribution is -2.48. The molecule has 0 radical (unpaired) electrons. The summed E-state index contributed by atoms with van der Waals surface area (Å²) in [7, 11) is -3.41. The molecule has 158 valence electrons. The van der Waals surface area contributed by atoms with Gasteiger partial charge in [-0.25, -0.2) is 8.42 Å². The van der Waals surface area contributed by atoms with E-state index in [4.69, 9.17) is 0 Å². The highest BCUT2D eigenvalue weighted by atomic mass is 79.9. The molecule has 2 aromatic carbocycles. The monoisotopic (exact) mass is 492 g/mol. The highest BCUT2D eigenvalue weighted by Gasteiger charge is 2.43. The summed E-state index contributed by atoms with van der Waals surface area (Å²) in [6, 6.07) is 8.87. The van der Waals surface area contributed by atoms with Gasteiger partial charge in [0.25, 0.3) is 11.8 Å². The molecule has 7 nitrogen and oxygen atoms in total. The van der Waals surface area contributed by atoms with Gasteiger partial charge in [0.1, 0.15) is 15.9 Å². The predicted octanol–water partition coefficient (Wildman–Crippen LogP) is 3.10. The van der Waals surface area contributed by atoms with Crippen LogP contribution in [0.25, 0.3) is 0 Å². The molecule has 0 unspecified atom stereocenters. The Kier molecular flexibility index (Phi) is 6.14. The van der Waals surface area contributed by atoms with Gasteiger partial charge in [0, 0.05) is 16.4 Å². The van der Waals surface area contributed by atoms with Crippen LogP contribution in [0, 0.1) is 13.8 Å². The molecule has 2 aromatic rings. The average molecular weight is 493 g/mol. The molecule has 0 aromatic heterocycles. The summed E-state index contributed by atoms with van der Waals surface area (Å²) >= 11 is 3.27. The molecule has 0 fully saturated rings. The van der Waals surface area contributed by atoms with Crippen LogP contribution in [-0.4, -0.2) is 49.1 Å². The van der Waals surface area contributed by atoms with Crippen LogP contribution in [0.3, 0.4) is 0 Å². The van der Waals surface area contributed by atoms with Crippen molar-refractivity contribution in [1.29, 1.82) is 0 Å². The number of anilines is 1. The number of amides is 3. The van der Waals surface area contributed by atoms with Crippen molar-refractivity contribution < 1.29 is 22.8 Å². The fraction of sp³-hybridized carbons (Fsp3) is 0.286. The van der Waals surface area contributed by atoms with Crippen molar-refractivity contribution in [3.63, 3.8) is 0 Å². The number of nitrogens with zero attached hydrogens (tertiary/aromatic N) is 1. The van der Waals surface area contributed by atoms with E-state index in [9.17, 15) is 22.8 Å². The highest BCUT2D eigenvalue weighted by molar-refractivity contribution is 9.10. The number of halogens is 1. The van der Waals surface area contributed by atoms with Gasteiger partial charge in [0.15, 0.2) is 0 Å². The molecule has 1 N–H and O–H groups in total. The highest BCUT2D eigenvalue weighted by Crippen LogP contribution is 2.29. The first kappa shape index (κ1) is 22.2. The molecule has 0 spiro atoms. The molecule has 1 aliphatic heterocycles. The first-order valence-corrected chi connectivity index (χ1v) is 12.1. The van der Waals surface area contributed by atoms with Gasteiger partial charge >= 0.3 is 0 Å². The van der Waals surface area contributed by atoms with Crippen LogP contribution in [-0.2, 0) is 14.6 Å². The van der Waals surface area contributed by atoms with Crippen molar-refractivity contribution in [3.8, 4) is 0 Å². The van der Waals surface area contributed by atoms with E-state index in [-0.39, 0.29) is 23.3 Å². The lowest BCUT2D eigenvalue weighted by Gasteiger charge is -2.25. The maximum Gasteiger partial charge on any atom is 0.262 e. The van der Waals surface area contributed by atoms with Crippen LogP contribution >= 0.6 is 15.9 Å². The van der Waals surface area contributed by atoms with Crippen LogP contribution < -0.4 is 5.32 Å². The summed E-state index contributed by atoms with van der Waals surface area (Å²) in [5.74, 6) is -2.19. The predicted molar refractivity (Wildman–Crippen MR) is 117 cm³/mol. The summed E-state index contributed by atoms with van der Waals surface area (Å²) in [5.41, 5.74) is 2.75. The molecule has 1 aliphatic rings. The van der Waals surface area contributed by atoms with E-state index in [1.54, 1.807) is 18.2 Å². The number of hydrogen-bond acceptors (Lipinski definition) is 5. The number of imide groups is 1. The zero-order valence-electron chi connectivity index (χ0n) is 16.7.